The van der Waals surface area contributed by atoms with Crippen LogP contribution < -0.4 is 16.0 Å². The van der Waals surface area contributed by atoms with Crippen molar-refractivity contribution in [3.05, 3.63) is 89.5 Å². The number of primary amides is 1. The maximum atomic E-state index is 12.8. The number of carbonyl (C=O) groups excluding carboxylic acids is 2. The zero-order chi connectivity index (χ0) is 28.5. The molecular formula is C31H37N5O3S. The highest BCUT2D eigenvalue weighted by molar-refractivity contribution is 7.80. The SMILES string of the molecule is Cc1ccc(-c2ccc(CCN3CCN(C)CC3)cc2)cc1N(CCOC(N)=O)C(=S)NC(=O)c1ccccc1. The number of rotatable bonds is 9. The van der Waals surface area contributed by atoms with Gasteiger partial charge in [-0.15, -0.1) is 0 Å². The van der Waals surface area contributed by atoms with Crippen molar-refractivity contribution < 1.29 is 14.3 Å². The topological polar surface area (TPSA) is 91.1 Å². The number of benzene rings is 3. The Bertz CT molecular complexity index is 1310. The molecule has 1 aliphatic rings. The lowest BCUT2D eigenvalue weighted by molar-refractivity contribution is 0.0976. The number of piperazine rings is 1. The highest BCUT2D eigenvalue weighted by Crippen LogP contribution is 2.29. The van der Waals surface area contributed by atoms with Crippen LogP contribution >= 0.6 is 12.2 Å². The number of thiocarbonyl (C=S) groups is 1. The lowest BCUT2D eigenvalue weighted by Crippen LogP contribution is -2.45. The standard InChI is InChI=1S/C31H37N5O3S/c1-23-8-11-27(25-12-9-24(10-13-25)14-15-35-18-16-34(2)17-19-35)22-28(23)36(20-21-39-30(32)38)31(40)33-29(37)26-6-4-3-5-7-26/h3-13,22H,14-21H2,1-2H3,(H2,32,38)(H,33,37,40). The smallest absolute Gasteiger partial charge is 0.404 e. The van der Waals surface area contributed by atoms with E-state index in [2.05, 4.69) is 52.5 Å². The lowest BCUT2D eigenvalue weighted by atomic mass is 10.00. The molecule has 0 aliphatic carbocycles. The number of nitrogens with one attached hydrogen (secondary N) is 1. The maximum absolute atomic E-state index is 12.8. The van der Waals surface area contributed by atoms with E-state index < -0.39 is 6.09 Å². The fourth-order valence-corrected chi connectivity index (χ4v) is 4.98. The second kappa shape index (κ2) is 14.0. The Morgan fingerprint density at radius 1 is 0.975 bits per heavy atom. The second-order valence-electron chi connectivity index (χ2n) is 10.0. The van der Waals surface area contributed by atoms with Crippen molar-refractivity contribution in [3.63, 3.8) is 0 Å². The number of aryl methyl sites for hydroxylation is 1. The molecule has 0 radical (unpaired) electrons. The molecule has 0 bridgehead atoms. The monoisotopic (exact) mass is 559 g/mol. The fraction of sp³-hybridized carbons (Fsp3) is 0.323. The van der Waals surface area contributed by atoms with Crippen molar-refractivity contribution >= 4 is 35.0 Å². The summed E-state index contributed by atoms with van der Waals surface area (Å²) in [7, 11) is 2.18. The summed E-state index contributed by atoms with van der Waals surface area (Å²) in [5.41, 5.74) is 10.8. The number of anilines is 1. The van der Waals surface area contributed by atoms with Gasteiger partial charge in [0.1, 0.15) is 6.61 Å². The van der Waals surface area contributed by atoms with Crippen LogP contribution in [-0.2, 0) is 11.2 Å². The van der Waals surface area contributed by atoms with Crippen molar-refractivity contribution in [3.8, 4) is 11.1 Å². The summed E-state index contributed by atoms with van der Waals surface area (Å²) in [6.45, 7) is 7.78. The Morgan fingerprint density at radius 2 is 1.65 bits per heavy atom. The number of amides is 2. The molecule has 3 aromatic rings. The van der Waals surface area contributed by atoms with Crippen LogP contribution in [0.25, 0.3) is 11.1 Å². The summed E-state index contributed by atoms with van der Waals surface area (Å²) in [4.78, 5) is 30.7. The van der Waals surface area contributed by atoms with Crippen LogP contribution in [0.5, 0.6) is 0 Å². The number of hydrogen-bond donors (Lipinski definition) is 2. The van der Waals surface area contributed by atoms with E-state index in [4.69, 9.17) is 22.7 Å². The van der Waals surface area contributed by atoms with Gasteiger partial charge in [-0.2, -0.15) is 0 Å². The average molecular weight is 560 g/mol. The molecule has 0 saturated carbocycles. The van der Waals surface area contributed by atoms with Crippen molar-refractivity contribution in [1.29, 1.82) is 0 Å². The molecule has 3 N–H and O–H groups in total. The number of ether oxygens (including phenoxy) is 1. The minimum Gasteiger partial charge on any atom is -0.448 e. The zero-order valence-corrected chi connectivity index (χ0v) is 24.0. The van der Waals surface area contributed by atoms with Gasteiger partial charge < -0.3 is 25.2 Å². The van der Waals surface area contributed by atoms with Crippen molar-refractivity contribution in [2.45, 2.75) is 13.3 Å². The van der Waals surface area contributed by atoms with E-state index in [0.29, 0.717) is 5.56 Å². The van der Waals surface area contributed by atoms with Gasteiger partial charge in [-0.05, 0) is 73.1 Å². The molecule has 1 aliphatic heterocycles. The van der Waals surface area contributed by atoms with Crippen LogP contribution in [0.2, 0.25) is 0 Å². The van der Waals surface area contributed by atoms with E-state index in [1.807, 2.05) is 25.1 Å². The Labute approximate surface area is 241 Å². The highest BCUT2D eigenvalue weighted by atomic mass is 32.1. The Morgan fingerprint density at radius 3 is 2.33 bits per heavy atom. The third kappa shape index (κ3) is 8.11. The van der Waals surface area contributed by atoms with Gasteiger partial charge in [0.25, 0.3) is 5.91 Å². The molecule has 3 aromatic carbocycles. The van der Waals surface area contributed by atoms with Crippen LogP contribution in [-0.4, -0.2) is 79.8 Å². The van der Waals surface area contributed by atoms with Gasteiger partial charge in [-0.25, -0.2) is 4.79 Å². The maximum Gasteiger partial charge on any atom is 0.404 e. The molecule has 0 spiro atoms. The van der Waals surface area contributed by atoms with Gasteiger partial charge in [0, 0.05) is 44.0 Å². The van der Waals surface area contributed by atoms with E-state index in [1.165, 1.54) is 5.56 Å². The molecule has 4 rings (SSSR count). The minimum absolute atomic E-state index is 0.0162. The van der Waals surface area contributed by atoms with Gasteiger partial charge in [0.05, 0.1) is 6.54 Å². The van der Waals surface area contributed by atoms with Crippen molar-refractivity contribution in [2.75, 3.05) is 57.8 Å². The van der Waals surface area contributed by atoms with Gasteiger partial charge in [0.15, 0.2) is 5.11 Å². The van der Waals surface area contributed by atoms with Crippen LogP contribution in [0, 0.1) is 6.92 Å². The van der Waals surface area contributed by atoms with E-state index in [1.54, 1.807) is 29.2 Å². The summed E-state index contributed by atoms with van der Waals surface area (Å²) in [6, 6.07) is 23.7. The molecule has 0 unspecified atom stereocenters. The number of hydrogen-bond acceptors (Lipinski definition) is 6. The molecule has 8 nitrogen and oxygen atoms in total. The predicted molar refractivity (Wildman–Crippen MR) is 164 cm³/mol. The minimum atomic E-state index is -0.864. The molecule has 1 heterocycles. The summed E-state index contributed by atoms with van der Waals surface area (Å²) in [5, 5.41) is 3.02. The largest absolute Gasteiger partial charge is 0.448 e. The number of carbonyl (C=O) groups is 2. The summed E-state index contributed by atoms with van der Waals surface area (Å²) in [5.74, 6) is -0.313. The lowest BCUT2D eigenvalue weighted by Gasteiger charge is -2.32. The third-order valence-corrected chi connectivity index (χ3v) is 7.48. The van der Waals surface area contributed by atoms with Crippen LogP contribution in [0.1, 0.15) is 21.5 Å². The van der Waals surface area contributed by atoms with Crippen molar-refractivity contribution in [2.24, 2.45) is 5.73 Å². The first-order chi connectivity index (χ1) is 19.3. The van der Waals surface area contributed by atoms with Crippen molar-refractivity contribution in [1.82, 2.24) is 15.1 Å². The number of likely N-dealkylation sites (N-methyl/N-ethyl adjacent to an activating group) is 1. The van der Waals surface area contributed by atoms with E-state index in [9.17, 15) is 9.59 Å². The first kappa shape index (κ1) is 29.2. The number of nitrogens with two attached hydrogens (primary N) is 1. The molecule has 1 saturated heterocycles. The molecule has 2 amide bonds. The first-order valence-electron chi connectivity index (χ1n) is 13.5. The van der Waals surface area contributed by atoms with E-state index >= 15 is 0 Å². The normalized spacial score (nSPS) is 13.9. The summed E-state index contributed by atoms with van der Waals surface area (Å²) in [6.07, 6.45) is 0.156. The van der Waals surface area contributed by atoms with Gasteiger partial charge >= 0.3 is 6.09 Å². The van der Waals surface area contributed by atoms with Gasteiger partial charge in [-0.1, -0.05) is 54.6 Å². The molecule has 1 fully saturated rings. The van der Waals surface area contributed by atoms with Gasteiger partial charge in [0.2, 0.25) is 0 Å². The zero-order valence-electron chi connectivity index (χ0n) is 23.1. The Hall–Kier alpha value is -3.79. The fourth-order valence-electron chi connectivity index (χ4n) is 4.70. The van der Waals surface area contributed by atoms with Gasteiger partial charge in [-0.3, -0.25) is 10.1 Å². The predicted octanol–water partition coefficient (Wildman–Crippen LogP) is 4.07. The molecule has 40 heavy (non-hydrogen) atoms. The summed E-state index contributed by atoms with van der Waals surface area (Å²) < 4.78 is 4.99. The third-order valence-electron chi connectivity index (χ3n) is 7.16. The quantitative estimate of drug-likeness (QED) is 0.382. The molecule has 0 atom stereocenters. The molecule has 9 heteroatoms. The molecule has 0 aromatic heterocycles. The van der Waals surface area contributed by atoms with Crippen LogP contribution in [0.3, 0.4) is 0 Å². The highest BCUT2D eigenvalue weighted by Gasteiger charge is 2.19. The summed E-state index contributed by atoms with van der Waals surface area (Å²) >= 11 is 5.65. The number of nitrogens with zero attached hydrogens (tertiary/aromatic N) is 3. The van der Waals surface area contributed by atoms with Crippen LogP contribution in [0.4, 0.5) is 10.5 Å². The molecular weight excluding hydrogens is 522 g/mol. The van der Waals surface area contributed by atoms with Crippen LogP contribution in [0.15, 0.2) is 72.8 Å². The molecule has 210 valence electrons. The first-order valence-corrected chi connectivity index (χ1v) is 13.9. The van der Waals surface area contributed by atoms with E-state index in [-0.39, 0.29) is 24.2 Å². The van der Waals surface area contributed by atoms with E-state index in [0.717, 1.165) is 61.5 Å². The Kier molecular flexibility index (Phi) is 10.2. The average Bonchev–Trinajstić information content (AvgIpc) is 2.96. The second-order valence-corrected chi connectivity index (χ2v) is 10.4. The Balaban J connectivity index is 1.49.